The van der Waals surface area contributed by atoms with Gasteiger partial charge < -0.3 is 10.6 Å². The topological polar surface area (TPSA) is 87.3 Å². The van der Waals surface area contributed by atoms with E-state index in [0.717, 1.165) is 5.56 Å². The van der Waals surface area contributed by atoms with Gasteiger partial charge in [0, 0.05) is 10.1 Å². The van der Waals surface area contributed by atoms with Gasteiger partial charge in [0.05, 0.1) is 12.5 Å². The van der Waals surface area contributed by atoms with E-state index < -0.39 is 18.0 Å². The van der Waals surface area contributed by atoms with Crippen LogP contribution in [0.25, 0.3) is 0 Å². The molecule has 124 valence electrons. The van der Waals surface area contributed by atoms with Crippen LogP contribution in [-0.2, 0) is 9.59 Å². The highest BCUT2D eigenvalue weighted by Gasteiger charge is 2.31. The number of nitrogens with one attached hydrogen (secondary N) is 3. The van der Waals surface area contributed by atoms with Crippen molar-refractivity contribution in [3.63, 3.8) is 0 Å². The van der Waals surface area contributed by atoms with E-state index >= 15 is 0 Å². The van der Waals surface area contributed by atoms with Crippen LogP contribution >= 0.6 is 11.8 Å². The number of benzene rings is 1. The molecule has 1 saturated heterocycles. The molecule has 0 aromatic heterocycles. The minimum atomic E-state index is -0.792. The van der Waals surface area contributed by atoms with Gasteiger partial charge in [-0.15, -0.1) is 11.8 Å². The fraction of sp³-hybridized carbons (Fsp3) is 0.438. The molecule has 0 radical (unpaired) electrons. The van der Waals surface area contributed by atoms with E-state index in [2.05, 4.69) is 29.8 Å². The molecule has 3 N–H and O–H groups in total. The Morgan fingerprint density at radius 2 is 1.87 bits per heavy atom. The molecule has 4 amide bonds. The summed E-state index contributed by atoms with van der Waals surface area (Å²) in [5, 5.41) is 7.88. The Morgan fingerprint density at radius 3 is 2.39 bits per heavy atom. The first-order valence-corrected chi connectivity index (χ1v) is 8.40. The van der Waals surface area contributed by atoms with E-state index in [9.17, 15) is 14.4 Å². The van der Waals surface area contributed by atoms with Crippen molar-refractivity contribution in [1.82, 2.24) is 16.0 Å². The van der Waals surface area contributed by atoms with Crippen molar-refractivity contribution in [2.24, 2.45) is 0 Å². The number of hydrogen-bond donors (Lipinski definition) is 3. The van der Waals surface area contributed by atoms with Crippen LogP contribution in [0, 0.1) is 0 Å². The summed E-state index contributed by atoms with van der Waals surface area (Å²) in [6, 6.07) is 6.53. The first-order chi connectivity index (χ1) is 10.8. The minimum absolute atomic E-state index is 0.0663. The fourth-order valence-electron chi connectivity index (χ4n) is 2.28. The maximum atomic E-state index is 12.0. The van der Waals surface area contributed by atoms with E-state index in [1.807, 2.05) is 31.2 Å². The van der Waals surface area contributed by atoms with Gasteiger partial charge in [-0.3, -0.25) is 14.9 Å². The van der Waals surface area contributed by atoms with Crippen molar-refractivity contribution in [2.75, 3.05) is 0 Å². The molecule has 1 heterocycles. The fourth-order valence-corrected chi connectivity index (χ4v) is 3.12. The summed E-state index contributed by atoms with van der Waals surface area (Å²) in [5.74, 6) is -0.742. The summed E-state index contributed by atoms with van der Waals surface area (Å²) in [6.07, 6.45) is -0.0663. The van der Waals surface area contributed by atoms with Gasteiger partial charge in [0.15, 0.2) is 0 Å². The highest BCUT2D eigenvalue weighted by Crippen LogP contribution is 2.24. The summed E-state index contributed by atoms with van der Waals surface area (Å²) in [7, 11) is 0. The number of carbonyl (C=O) groups excluding carboxylic acids is 3. The lowest BCUT2D eigenvalue weighted by Crippen LogP contribution is -2.37. The predicted octanol–water partition coefficient (Wildman–Crippen LogP) is 1.96. The van der Waals surface area contributed by atoms with Crippen LogP contribution in [0.4, 0.5) is 4.79 Å². The summed E-state index contributed by atoms with van der Waals surface area (Å²) in [4.78, 5) is 35.6. The molecule has 6 nitrogen and oxygen atoms in total. The van der Waals surface area contributed by atoms with Crippen molar-refractivity contribution >= 4 is 29.6 Å². The molecule has 0 unspecified atom stereocenters. The number of rotatable bonds is 6. The summed E-state index contributed by atoms with van der Waals surface area (Å²) < 4.78 is 0. The Labute approximate surface area is 139 Å². The second-order valence-electron chi connectivity index (χ2n) is 5.74. The maximum absolute atomic E-state index is 12.0. The van der Waals surface area contributed by atoms with Crippen molar-refractivity contribution in [1.29, 1.82) is 0 Å². The highest BCUT2D eigenvalue weighted by atomic mass is 32.2. The number of imide groups is 1. The number of amides is 4. The smallest absolute Gasteiger partial charge is 0.322 e. The Hall–Kier alpha value is -2.02. The van der Waals surface area contributed by atoms with Gasteiger partial charge in [-0.25, -0.2) is 4.79 Å². The summed E-state index contributed by atoms with van der Waals surface area (Å²) >= 11 is 1.78. The normalized spacial score (nSPS) is 18.5. The SMILES string of the molecule is CC(C)Sc1ccc([C@H](C)NC(=O)C[C@H]2NC(=O)NC2=O)cc1. The molecule has 1 fully saturated rings. The van der Waals surface area contributed by atoms with Crippen LogP contribution in [0.1, 0.15) is 38.8 Å². The zero-order valence-electron chi connectivity index (χ0n) is 13.4. The third-order valence-corrected chi connectivity index (χ3v) is 4.39. The monoisotopic (exact) mass is 335 g/mol. The first-order valence-electron chi connectivity index (χ1n) is 7.52. The molecule has 1 aliphatic heterocycles. The van der Waals surface area contributed by atoms with Gasteiger partial charge in [-0.05, 0) is 24.6 Å². The van der Waals surface area contributed by atoms with Gasteiger partial charge in [0.1, 0.15) is 6.04 Å². The van der Waals surface area contributed by atoms with Gasteiger partial charge in [-0.2, -0.15) is 0 Å². The molecule has 2 rings (SSSR count). The molecule has 1 aromatic carbocycles. The van der Waals surface area contributed by atoms with Gasteiger partial charge in [0.2, 0.25) is 5.91 Å². The molecule has 1 aromatic rings. The lowest BCUT2D eigenvalue weighted by Gasteiger charge is -2.16. The quantitative estimate of drug-likeness (QED) is 0.548. The molecule has 0 aliphatic carbocycles. The van der Waals surface area contributed by atoms with Gasteiger partial charge >= 0.3 is 6.03 Å². The maximum Gasteiger partial charge on any atom is 0.322 e. The van der Waals surface area contributed by atoms with Crippen molar-refractivity contribution < 1.29 is 14.4 Å². The van der Waals surface area contributed by atoms with Crippen LogP contribution < -0.4 is 16.0 Å². The van der Waals surface area contributed by atoms with E-state index in [1.54, 1.807) is 11.8 Å². The Balaban J connectivity index is 1.88. The average Bonchev–Trinajstić information content (AvgIpc) is 2.76. The number of thioether (sulfide) groups is 1. The molecule has 2 atom stereocenters. The second kappa shape index (κ2) is 7.50. The van der Waals surface area contributed by atoms with Crippen LogP contribution in [0.15, 0.2) is 29.2 Å². The third kappa shape index (κ3) is 4.99. The zero-order valence-corrected chi connectivity index (χ0v) is 14.2. The molecule has 23 heavy (non-hydrogen) atoms. The van der Waals surface area contributed by atoms with Crippen molar-refractivity contribution in [2.45, 2.75) is 49.4 Å². The van der Waals surface area contributed by atoms with E-state index in [1.165, 1.54) is 4.90 Å². The Kier molecular flexibility index (Phi) is 5.65. The first kappa shape index (κ1) is 17.3. The standard InChI is InChI=1S/C16H21N3O3S/c1-9(2)23-12-6-4-11(5-7-12)10(3)17-14(20)8-13-15(21)19-16(22)18-13/h4-7,9-10,13H,8H2,1-3H3,(H,17,20)(H2,18,19,21,22)/t10-,13+/m0/s1. The Morgan fingerprint density at radius 1 is 1.22 bits per heavy atom. The van der Waals surface area contributed by atoms with Crippen LogP contribution in [0.3, 0.4) is 0 Å². The molecule has 0 spiro atoms. The molecular weight excluding hydrogens is 314 g/mol. The highest BCUT2D eigenvalue weighted by molar-refractivity contribution is 7.99. The van der Waals surface area contributed by atoms with Crippen molar-refractivity contribution in [3.05, 3.63) is 29.8 Å². The van der Waals surface area contributed by atoms with E-state index in [4.69, 9.17) is 0 Å². The van der Waals surface area contributed by atoms with Gasteiger partial charge in [0.25, 0.3) is 5.91 Å². The zero-order chi connectivity index (χ0) is 17.0. The lowest BCUT2D eigenvalue weighted by atomic mass is 10.1. The van der Waals surface area contributed by atoms with Crippen LogP contribution in [0.5, 0.6) is 0 Å². The number of carbonyl (C=O) groups is 3. The third-order valence-electron chi connectivity index (χ3n) is 3.38. The largest absolute Gasteiger partial charge is 0.350 e. The van der Waals surface area contributed by atoms with Gasteiger partial charge in [-0.1, -0.05) is 26.0 Å². The summed E-state index contributed by atoms with van der Waals surface area (Å²) in [5.41, 5.74) is 0.992. The molecular formula is C16H21N3O3S. The average molecular weight is 335 g/mol. The molecule has 7 heteroatoms. The molecule has 1 aliphatic rings. The second-order valence-corrected chi connectivity index (χ2v) is 7.39. The predicted molar refractivity (Wildman–Crippen MR) is 89.1 cm³/mol. The van der Waals surface area contributed by atoms with Crippen LogP contribution in [-0.4, -0.2) is 29.1 Å². The number of hydrogen-bond acceptors (Lipinski definition) is 4. The summed E-state index contributed by atoms with van der Waals surface area (Å²) in [6.45, 7) is 6.16. The van der Waals surface area contributed by atoms with Crippen molar-refractivity contribution in [3.8, 4) is 0 Å². The number of urea groups is 1. The van der Waals surface area contributed by atoms with E-state index in [-0.39, 0.29) is 18.4 Å². The van der Waals surface area contributed by atoms with E-state index in [0.29, 0.717) is 5.25 Å². The van der Waals surface area contributed by atoms with Crippen LogP contribution in [0.2, 0.25) is 0 Å². The Bertz CT molecular complexity index is 601. The molecule has 0 saturated carbocycles. The lowest BCUT2D eigenvalue weighted by molar-refractivity contribution is -0.126. The molecule has 0 bridgehead atoms. The minimum Gasteiger partial charge on any atom is -0.350 e.